The topological polar surface area (TPSA) is 68.3 Å². The van der Waals surface area contributed by atoms with Crippen molar-refractivity contribution in [3.8, 4) is 0 Å². The molecule has 0 saturated heterocycles. The van der Waals surface area contributed by atoms with Crippen molar-refractivity contribution in [3.63, 3.8) is 0 Å². The first-order valence-corrected chi connectivity index (χ1v) is 14.4. The normalized spacial score (nSPS) is 21.9. The highest BCUT2D eigenvalue weighted by Gasteiger charge is 2.62. The second-order valence-corrected chi connectivity index (χ2v) is 13.4. The van der Waals surface area contributed by atoms with Crippen LogP contribution in [0.5, 0.6) is 0 Å². The SMILES string of the molecule is CCCC[C@H]1CC(S(=O)(=O)c2ccccc2)(S(=O)(=O)c2ccccc2)C[C@H]1CI. The molecule has 0 radical (unpaired) electrons. The first-order valence-electron chi connectivity index (χ1n) is 9.95. The molecular formula is C22H27IO4S2. The summed E-state index contributed by atoms with van der Waals surface area (Å²) in [5.74, 6) is 0.156. The van der Waals surface area contributed by atoms with Crippen LogP contribution in [0, 0.1) is 11.8 Å². The van der Waals surface area contributed by atoms with Gasteiger partial charge in [0.2, 0.25) is 0 Å². The maximum atomic E-state index is 13.9. The van der Waals surface area contributed by atoms with E-state index in [2.05, 4.69) is 29.5 Å². The largest absolute Gasteiger partial charge is 0.222 e. The summed E-state index contributed by atoms with van der Waals surface area (Å²) in [6.45, 7) is 2.10. The zero-order valence-electron chi connectivity index (χ0n) is 16.5. The van der Waals surface area contributed by atoms with Gasteiger partial charge in [-0.15, -0.1) is 0 Å². The van der Waals surface area contributed by atoms with E-state index in [1.165, 1.54) is 24.3 Å². The van der Waals surface area contributed by atoms with Gasteiger partial charge in [-0.2, -0.15) is 0 Å². The van der Waals surface area contributed by atoms with Crippen LogP contribution in [0.4, 0.5) is 0 Å². The molecule has 0 spiro atoms. The Morgan fingerprint density at radius 2 is 1.28 bits per heavy atom. The van der Waals surface area contributed by atoms with E-state index in [1.807, 2.05) is 0 Å². The fourth-order valence-corrected chi connectivity index (χ4v) is 10.8. The number of halogens is 1. The summed E-state index contributed by atoms with van der Waals surface area (Å²) in [6.07, 6.45) is 3.16. The molecule has 2 aromatic carbocycles. The van der Waals surface area contributed by atoms with Gasteiger partial charge in [-0.05, 0) is 48.9 Å². The van der Waals surface area contributed by atoms with Crippen LogP contribution in [0.1, 0.15) is 39.0 Å². The molecule has 0 N–H and O–H groups in total. The van der Waals surface area contributed by atoms with Gasteiger partial charge in [0.15, 0.2) is 23.8 Å². The molecule has 0 amide bonds. The number of unbranched alkanes of at least 4 members (excludes halogenated alkanes) is 1. The van der Waals surface area contributed by atoms with Gasteiger partial charge in [0, 0.05) is 4.43 Å². The Morgan fingerprint density at radius 1 is 0.828 bits per heavy atom. The standard InChI is InChI=1S/C22H27IO4S2/c1-2-3-10-18-15-22(16-19(18)17-23,28(24,25)20-11-6-4-7-12-20)29(26,27)21-13-8-5-9-14-21/h4-9,11-14,18-19H,2-3,10,15-17H2,1H3/t18-,19-/m0/s1. The van der Waals surface area contributed by atoms with Crippen LogP contribution in [0.25, 0.3) is 0 Å². The summed E-state index contributed by atoms with van der Waals surface area (Å²) in [7, 11) is -8.20. The third-order valence-corrected chi connectivity index (χ3v) is 12.9. The highest BCUT2D eigenvalue weighted by atomic mass is 127. The van der Waals surface area contributed by atoms with Gasteiger partial charge in [-0.25, -0.2) is 16.8 Å². The predicted molar refractivity (Wildman–Crippen MR) is 125 cm³/mol. The number of alkyl halides is 1. The van der Waals surface area contributed by atoms with Crippen LogP contribution in [0.3, 0.4) is 0 Å². The molecule has 7 heteroatoms. The number of hydrogen-bond donors (Lipinski definition) is 0. The molecule has 2 atom stereocenters. The Kier molecular flexibility index (Phi) is 7.10. The Morgan fingerprint density at radius 3 is 1.69 bits per heavy atom. The minimum absolute atomic E-state index is 0.0686. The first kappa shape index (κ1) is 22.7. The molecule has 1 aliphatic carbocycles. The average molecular weight is 546 g/mol. The van der Waals surface area contributed by atoms with Crippen LogP contribution in [0.2, 0.25) is 0 Å². The number of sulfone groups is 2. The van der Waals surface area contributed by atoms with Crippen molar-refractivity contribution in [3.05, 3.63) is 60.7 Å². The number of rotatable bonds is 8. The summed E-state index contributed by atoms with van der Waals surface area (Å²) >= 11 is 2.27. The van der Waals surface area contributed by atoms with Crippen LogP contribution in [-0.2, 0) is 19.7 Å². The molecule has 158 valence electrons. The van der Waals surface area contributed by atoms with E-state index in [0.717, 1.165) is 23.7 Å². The molecule has 1 fully saturated rings. The van der Waals surface area contributed by atoms with Crippen LogP contribution in [-0.4, -0.2) is 25.3 Å². The van der Waals surface area contributed by atoms with Gasteiger partial charge >= 0.3 is 0 Å². The third kappa shape index (κ3) is 4.02. The predicted octanol–water partition coefficient (Wildman–Crippen LogP) is 5.28. The van der Waals surface area contributed by atoms with Gasteiger partial charge in [0.05, 0.1) is 9.79 Å². The van der Waals surface area contributed by atoms with Crippen molar-refractivity contribution in [1.82, 2.24) is 0 Å². The molecule has 2 aromatic rings. The summed E-state index contributed by atoms with van der Waals surface area (Å²) in [5.41, 5.74) is 0. The molecular weight excluding hydrogens is 519 g/mol. The van der Waals surface area contributed by atoms with E-state index in [-0.39, 0.29) is 34.5 Å². The molecule has 0 heterocycles. The van der Waals surface area contributed by atoms with Crippen LogP contribution < -0.4 is 0 Å². The van der Waals surface area contributed by atoms with Crippen molar-refractivity contribution in [2.75, 3.05) is 4.43 Å². The monoisotopic (exact) mass is 546 g/mol. The van der Waals surface area contributed by atoms with Gasteiger partial charge in [0.1, 0.15) is 0 Å². The molecule has 4 nitrogen and oxygen atoms in total. The third-order valence-electron chi connectivity index (χ3n) is 6.03. The molecule has 0 aromatic heterocycles. The Balaban J connectivity index is 2.21. The van der Waals surface area contributed by atoms with E-state index in [9.17, 15) is 16.8 Å². The van der Waals surface area contributed by atoms with Crippen molar-refractivity contribution in [2.45, 2.75) is 52.9 Å². The van der Waals surface area contributed by atoms with Gasteiger partial charge < -0.3 is 0 Å². The second-order valence-electron chi connectivity index (χ2n) is 7.77. The van der Waals surface area contributed by atoms with E-state index < -0.39 is 23.8 Å². The van der Waals surface area contributed by atoms with Crippen LogP contribution >= 0.6 is 22.6 Å². The van der Waals surface area contributed by atoms with Gasteiger partial charge in [-0.3, -0.25) is 0 Å². The van der Waals surface area contributed by atoms with Gasteiger partial charge in [0.25, 0.3) is 0 Å². The number of hydrogen-bond acceptors (Lipinski definition) is 4. The molecule has 3 rings (SSSR count). The first-order chi connectivity index (χ1) is 13.8. The van der Waals surface area contributed by atoms with E-state index in [1.54, 1.807) is 36.4 Å². The van der Waals surface area contributed by atoms with E-state index in [4.69, 9.17) is 0 Å². The molecule has 1 aliphatic rings. The van der Waals surface area contributed by atoms with Crippen molar-refractivity contribution >= 4 is 42.3 Å². The Bertz CT molecular complexity index is 949. The van der Waals surface area contributed by atoms with Crippen molar-refractivity contribution < 1.29 is 16.8 Å². The smallest absolute Gasteiger partial charge is 0.198 e. The molecule has 29 heavy (non-hydrogen) atoms. The summed E-state index contributed by atoms with van der Waals surface area (Å²) in [5, 5.41) is 0. The van der Waals surface area contributed by atoms with Crippen molar-refractivity contribution in [2.24, 2.45) is 11.8 Å². The summed E-state index contributed by atoms with van der Waals surface area (Å²) in [4.78, 5) is 0.172. The summed E-state index contributed by atoms with van der Waals surface area (Å²) < 4.78 is 54.4. The minimum Gasteiger partial charge on any atom is -0.222 e. The Labute approximate surface area is 188 Å². The highest BCUT2D eigenvalue weighted by Crippen LogP contribution is 2.53. The maximum absolute atomic E-state index is 13.9. The molecule has 0 bridgehead atoms. The fraction of sp³-hybridized carbons (Fsp3) is 0.455. The zero-order valence-corrected chi connectivity index (χ0v) is 20.3. The van der Waals surface area contributed by atoms with E-state index >= 15 is 0 Å². The molecule has 0 unspecified atom stereocenters. The lowest BCUT2D eigenvalue weighted by molar-refractivity contribution is 0.388. The number of benzene rings is 2. The molecule has 0 aliphatic heterocycles. The van der Waals surface area contributed by atoms with Gasteiger partial charge in [-0.1, -0.05) is 85.2 Å². The lowest BCUT2D eigenvalue weighted by Gasteiger charge is -2.29. The lowest BCUT2D eigenvalue weighted by Crippen LogP contribution is -2.44. The minimum atomic E-state index is -4.10. The van der Waals surface area contributed by atoms with E-state index in [0.29, 0.717) is 0 Å². The van der Waals surface area contributed by atoms with Crippen molar-refractivity contribution in [1.29, 1.82) is 0 Å². The quantitative estimate of drug-likeness (QED) is 0.334. The molecule has 1 saturated carbocycles. The Hall–Kier alpha value is -0.930. The van der Waals surface area contributed by atoms with Crippen LogP contribution in [0.15, 0.2) is 70.5 Å². The second kappa shape index (κ2) is 9.06. The highest BCUT2D eigenvalue weighted by molar-refractivity contribution is 14.1. The fourth-order valence-electron chi connectivity index (χ4n) is 4.41. The average Bonchev–Trinajstić information content (AvgIpc) is 3.14. The summed E-state index contributed by atoms with van der Waals surface area (Å²) in [6, 6.07) is 16.1. The maximum Gasteiger partial charge on any atom is 0.198 e. The lowest BCUT2D eigenvalue weighted by atomic mass is 9.93. The zero-order chi connectivity index (χ0) is 21.1.